The lowest BCUT2D eigenvalue weighted by atomic mass is 10.1. The average Bonchev–Trinajstić information content (AvgIpc) is 2.68. The molecule has 0 spiro atoms. The number of anilines is 1. The normalized spacial score (nSPS) is 11.8. The van der Waals surface area contributed by atoms with E-state index in [1.807, 2.05) is 19.1 Å². The van der Waals surface area contributed by atoms with Crippen molar-refractivity contribution in [3.63, 3.8) is 0 Å². The van der Waals surface area contributed by atoms with Gasteiger partial charge < -0.3 is 24.9 Å². The number of methoxy groups -OCH3 is 1. The first-order chi connectivity index (χ1) is 13.9. The molecule has 1 aromatic heterocycles. The molecule has 8 heteroatoms. The Bertz CT molecular complexity index is 892. The molecular formula is C21H28N2O6. The van der Waals surface area contributed by atoms with Crippen LogP contribution < -0.4 is 16.3 Å². The highest BCUT2D eigenvalue weighted by Crippen LogP contribution is 2.21. The van der Waals surface area contributed by atoms with E-state index in [9.17, 15) is 19.5 Å². The van der Waals surface area contributed by atoms with E-state index in [2.05, 4.69) is 15.4 Å². The smallest absolute Gasteiger partial charge is 0.336 e. The van der Waals surface area contributed by atoms with Crippen molar-refractivity contribution in [1.82, 2.24) is 5.32 Å². The number of esters is 1. The van der Waals surface area contributed by atoms with E-state index >= 15 is 0 Å². The Balaban J connectivity index is 1.65. The number of unbranched alkanes of at least 4 members (excludes halogenated alkanes) is 2. The molecule has 0 fully saturated rings. The quantitative estimate of drug-likeness (QED) is 0.228. The van der Waals surface area contributed by atoms with Crippen LogP contribution in [-0.4, -0.2) is 36.9 Å². The first-order valence-corrected chi connectivity index (χ1v) is 9.71. The summed E-state index contributed by atoms with van der Waals surface area (Å²) in [6, 6.07) is 6.84. The maximum atomic E-state index is 11.5. The maximum Gasteiger partial charge on any atom is 0.336 e. The fraction of sp³-hybridized carbons (Fsp3) is 0.476. The predicted molar refractivity (Wildman–Crippen MR) is 110 cm³/mol. The zero-order valence-corrected chi connectivity index (χ0v) is 16.8. The summed E-state index contributed by atoms with van der Waals surface area (Å²) < 4.78 is 9.70. The summed E-state index contributed by atoms with van der Waals surface area (Å²) in [5.41, 5.74) is 1.61. The van der Waals surface area contributed by atoms with Crippen LogP contribution in [0, 0.1) is 6.92 Å². The van der Waals surface area contributed by atoms with Gasteiger partial charge in [0.05, 0.1) is 13.5 Å². The summed E-state index contributed by atoms with van der Waals surface area (Å²) in [6.07, 6.45) is 2.45. The van der Waals surface area contributed by atoms with Crippen LogP contribution in [-0.2, 0) is 14.3 Å². The minimum Gasteiger partial charge on any atom is -0.469 e. The summed E-state index contributed by atoms with van der Waals surface area (Å²) in [4.78, 5) is 34.0. The Morgan fingerprint density at radius 1 is 1.17 bits per heavy atom. The third-order valence-electron chi connectivity index (χ3n) is 4.55. The molecule has 158 valence electrons. The van der Waals surface area contributed by atoms with Crippen molar-refractivity contribution in [2.45, 2.75) is 51.7 Å². The van der Waals surface area contributed by atoms with E-state index in [0.717, 1.165) is 30.2 Å². The fourth-order valence-corrected chi connectivity index (χ4v) is 2.95. The molecule has 3 N–H and O–H groups in total. The summed E-state index contributed by atoms with van der Waals surface area (Å²) in [6.45, 7) is 2.38. The number of benzene rings is 1. The topological polar surface area (TPSA) is 118 Å². The maximum absolute atomic E-state index is 11.5. The van der Waals surface area contributed by atoms with Crippen LogP contribution in [0.3, 0.4) is 0 Å². The second kappa shape index (κ2) is 11.2. The Morgan fingerprint density at radius 3 is 2.72 bits per heavy atom. The van der Waals surface area contributed by atoms with Crippen molar-refractivity contribution in [2.75, 3.05) is 19.0 Å². The number of carbonyl (C=O) groups excluding carboxylic acids is 2. The van der Waals surface area contributed by atoms with Crippen molar-refractivity contribution in [3.05, 3.63) is 40.2 Å². The fourth-order valence-electron chi connectivity index (χ4n) is 2.95. The number of amides is 1. The van der Waals surface area contributed by atoms with Crippen molar-refractivity contribution in [3.8, 4) is 0 Å². The summed E-state index contributed by atoms with van der Waals surface area (Å²) in [5, 5.41) is 16.8. The Kier molecular flexibility index (Phi) is 8.67. The van der Waals surface area contributed by atoms with Crippen LogP contribution >= 0.6 is 0 Å². The molecule has 0 saturated heterocycles. The van der Waals surface area contributed by atoms with Crippen molar-refractivity contribution < 1.29 is 23.8 Å². The highest BCUT2D eigenvalue weighted by molar-refractivity contribution is 5.83. The third-order valence-corrected chi connectivity index (χ3v) is 4.55. The predicted octanol–water partition coefficient (Wildman–Crippen LogP) is 2.46. The zero-order chi connectivity index (χ0) is 21.2. The van der Waals surface area contributed by atoms with Crippen molar-refractivity contribution in [2.24, 2.45) is 0 Å². The van der Waals surface area contributed by atoms with Gasteiger partial charge in [-0.25, -0.2) is 4.79 Å². The molecule has 1 atom stereocenters. The van der Waals surface area contributed by atoms with E-state index in [1.54, 1.807) is 6.07 Å². The molecule has 29 heavy (non-hydrogen) atoms. The number of aryl methyl sites for hydroxylation is 1. The number of ether oxygens (including phenoxy) is 1. The van der Waals surface area contributed by atoms with Gasteiger partial charge in [0.25, 0.3) is 0 Å². The van der Waals surface area contributed by atoms with Gasteiger partial charge in [-0.05, 0) is 43.9 Å². The van der Waals surface area contributed by atoms with Crippen LogP contribution in [0.25, 0.3) is 11.0 Å². The third kappa shape index (κ3) is 7.57. The monoisotopic (exact) mass is 404 g/mol. The molecule has 0 aliphatic heterocycles. The second-order valence-electron chi connectivity index (χ2n) is 6.89. The van der Waals surface area contributed by atoms with Gasteiger partial charge in [-0.15, -0.1) is 0 Å². The van der Waals surface area contributed by atoms with Crippen molar-refractivity contribution in [1.29, 1.82) is 0 Å². The minimum atomic E-state index is -0.723. The SMILES string of the molecule is COC(=O)CCC(=O)NCCCCCC(O)Nc1ccc2c(C)cc(=O)oc2c1. The van der Waals surface area contributed by atoms with Gasteiger partial charge in [0, 0.05) is 36.2 Å². The van der Waals surface area contributed by atoms with Gasteiger partial charge in [-0.2, -0.15) is 0 Å². The Morgan fingerprint density at radius 2 is 1.97 bits per heavy atom. The van der Waals surface area contributed by atoms with Crippen LogP contribution in [0.1, 0.15) is 44.1 Å². The highest BCUT2D eigenvalue weighted by Gasteiger charge is 2.08. The summed E-state index contributed by atoms with van der Waals surface area (Å²) in [7, 11) is 1.29. The standard InChI is InChI=1S/C21H28N2O6/c1-14-12-21(27)29-17-13-15(7-8-16(14)17)23-19(25)6-4-3-5-11-22-18(24)9-10-20(26)28-2/h7-8,12-13,19,23,25H,3-6,9-11H2,1-2H3,(H,22,24). The lowest BCUT2D eigenvalue weighted by Crippen LogP contribution is -2.25. The number of rotatable bonds is 11. The van der Waals surface area contributed by atoms with Gasteiger partial charge in [-0.3, -0.25) is 9.59 Å². The van der Waals surface area contributed by atoms with Gasteiger partial charge in [0.1, 0.15) is 11.8 Å². The Hall–Kier alpha value is -2.87. The van der Waals surface area contributed by atoms with Gasteiger partial charge in [-0.1, -0.05) is 6.42 Å². The molecule has 2 rings (SSSR count). The number of aliphatic hydroxyl groups excluding tert-OH is 1. The molecule has 8 nitrogen and oxygen atoms in total. The van der Waals surface area contributed by atoms with E-state index in [4.69, 9.17) is 4.42 Å². The van der Waals surface area contributed by atoms with Crippen LogP contribution in [0.5, 0.6) is 0 Å². The molecule has 0 saturated carbocycles. The van der Waals surface area contributed by atoms with Crippen LogP contribution in [0.4, 0.5) is 5.69 Å². The highest BCUT2D eigenvalue weighted by atomic mass is 16.5. The summed E-state index contributed by atoms with van der Waals surface area (Å²) >= 11 is 0. The number of hydrogen-bond acceptors (Lipinski definition) is 7. The molecule has 0 bridgehead atoms. The van der Waals surface area contributed by atoms with E-state index in [0.29, 0.717) is 24.2 Å². The number of aliphatic hydroxyl groups is 1. The number of fused-ring (bicyclic) bond motifs is 1. The Labute approximate surface area is 169 Å². The van der Waals surface area contributed by atoms with E-state index in [1.165, 1.54) is 13.2 Å². The molecule has 1 heterocycles. The van der Waals surface area contributed by atoms with E-state index in [-0.39, 0.29) is 18.7 Å². The molecular weight excluding hydrogens is 376 g/mol. The molecule has 1 aromatic carbocycles. The number of carbonyl (C=O) groups is 2. The van der Waals surface area contributed by atoms with Gasteiger partial charge in [0.15, 0.2) is 0 Å². The first-order valence-electron chi connectivity index (χ1n) is 9.71. The second-order valence-corrected chi connectivity index (χ2v) is 6.89. The molecule has 0 aliphatic rings. The molecule has 1 unspecified atom stereocenters. The molecule has 1 amide bonds. The summed E-state index contributed by atoms with van der Waals surface area (Å²) in [5.74, 6) is -0.569. The zero-order valence-electron chi connectivity index (χ0n) is 16.8. The lowest BCUT2D eigenvalue weighted by Gasteiger charge is -2.14. The molecule has 2 aromatic rings. The molecule has 0 radical (unpaired) electrons. The largest absolute Gasteiger partial charge is 0.469 e. The average molecular weight is 404 g/mol. The first kappa shape index (κ1) is 22.4. The number of hydrogen-bond donors (Lipinski definition) is 3. The lowest BCUT2D eigenvalue weighted by molar-refractivity contribution is -0.142. The van der Waals surface area contributed by atoms with Gasteiger partial charge >= 0.3 is 11.6 Å². The van der Waals surface area contributed by atoms with Crippen LogP contribution in [0.15, 0.2) is 33.5 Å². The van der Waals surface area contributed by atoms with Gasteiger partial charge in [0.2, 0.25) is 5.91 Å². The van der Waals surface area contributed by atoms with E-state index < -0.39 is 17.8 Å². The molecule has 0 aliphatic carbocycles. The minimum absolute atomic E-state index is 0.0813. The number of nitrogens with one attached hydrogen (secondary N) is 2. The van der Waals surface area contributed by atoms with Crippen LogP contribution in [0.2, 0.25) is 0 Å². The van der Waals surface area contributed by atoms with Crippen molar-refractivity contribution >= 4 is 28.5 Å².